The molecule has 1 atom stereocenters. The zero-order valence-electron chi connectivity index (χ0n) is 8.47. The van der Waals surface area contributed by atoms with Gasteiger partial charge in [0.05, 0.1) is 30.6 Å². The maximum absolute atomic E-state index is 5.44. The summed E-state index contributed by atoms with van der Waals surface area (Å²) in [5.74, 6) is 5.39. The van der Waals surface area contributed by atoms with Crippen LogP contribution in [0.5, 0.6) is 0 Å². The average molecular weight is 196 g/mol. The van der Waals surface area contributed by atoms with Crippen molar-refractivity contribution in [1.82, 2.24) is 15.4 Å². The Kier molecular flexibility index (Phi) is 4.45. The van der Waals surface area contributed by atoms with Gasteiger partial charge in [0.1, 0.15) is 0 Å². The first-order chi connectivity index (χ1) is 6.74. The summed E-state index contributed by atoms with van der Waals surface area (Å²) in [6.07, 6.45) is 5.12. The first-order valence-electron chi connectivity index (χ1n) is 4.57. The number of nitrogens with one attached hydrogen (secondary N) is 1. The van der Waals surface area contributed by atoms with E-state index in [0.717, 1.165) is 5.69 Å². The van der Waals surface area contributed by atoms with Crippen LogP contribution in [0.4, 0.5) is 0 Å². The van der Waals surface area contributed by atoms with Crippen LogP contribution in [0, 0.1) is 0 Å². The number of hydrazine groups is 1. The molecule has 0 amide bonds. The maximum Gasteiger partial charge on any atom is 0.0881 e. The minimum Gasteiger partial charge on any atom is -0.377 e. The van der Waals surface area contributed by atoms with Gasteiger partial charge in [0, 0.05) is 12.4 Å². The van der Waals surface area contributed by atoms with Crippen LogP contribution >= 0.6 is 0 Å². The van der Waals surface area contributed by atoms with Gasteiger partial charge in [-0.05, 0) is 13.8 Å². The molecule has 14 heavy (non-hydrogen) atoms. The van der Waals surface area contributed by atoms with Crippen LogP contribution in [0.1, 0.15) is 25.6 Å². The monoisotopic (exact) mass is 196 g/mol. The second-order valence-corrected chi connectivity index (χ2v) is 3.23. The van der Waals surface area contributed by atoms with Gasteiger partial charge in [0.15, 0.2) is 0 Å². The molecule has 3 N–H and O–H groups in total. The third-order valence-electron chi connectivity index (χ3n) is 1.74. The van der Waals surface area contributed by atoms with Gasteiger partial charge in [-0.2, -0.15) is 0 Å². The molecule has 0 aromatic carbocycles. The fourth-order valence-corrected chi connectivity index (χ4v) is 0.998. The number of nitrogens with zero attached hydrogens (tertiary/aromatic N) is 2. The Balaban J connectivity index is 2.54. The lowest BCUT2D eigenvalue weighted by molar-refractivity contribution is 0.0603. The van der Waals surface area contributed by atoms with Gasteiger partial charge in [-0.1, -0.05) is 0 Å². The number of hydrogen-bond donors (Lipinski definition) is 2. The topological polar surface area (TPSA) is 73.1 Å². The third-order valence-corrected chi connectivity index (χ3v) is 1.74. The highest BCUT2D eigenvalue weighted by atomic mass is 16.5. The van der Waals surface area contributed by atoms with E-state index in [1.165, 1.54) is 0 Å². The van der Waals surface area contributed by atoms with Crippen molar-refractivity contribution < 1.29 is 4.74 Å². The van der Waals surface area contributed by atoms with Crippen LogP contribution in [-0.4, -0.2) is 22.7 Å². The van der Waals surface area contributed by atoms with Gasteiger partial charge < -0.3 is 4.74 Å². The molecule has 5 heteroatoms. The van der Waals surface area contributed by atoms with Crippen molar-refractivity contribution >= 4 is 0 Å². The molecule has 0 saturated heterocycles. The van der Waals surface area contributed by atoms with E-state index in [9.17, 15) is 0 Å². The molecule has 0 bridgehead atoms. The molecule has 1 heterocycles. The predicted octanol–water partition coefficient (Wildman–Crippen LogP) is 0.406. The number of aromatic nitrogens is 2. The molecule has 0 saturated carbocycles. The molecule has 0 spiro atoms. The van der Waals surface area contributed by atoms with Gasteiger partial charge in [-0.15, -0.1) is 0 Å². The Hall–Kier alpha value is -1.04. The molecule has 78 valence electrons. The molecule has 1 aromatic heterocycles. The highest BCUT2D eigenvalue weighted by Gasteiger charge is 2.11. The average Bonchev–Trinajstić information content (AvgIpc) is 2.20. The second kappa shape index (κ2) is 5.64. The maximum atomic E-state index is 5.44. The first-order valence-corrected chi connectivity index (χ1v) is 4.57. The molecule has 1 aromatic rings. The minimum absolute atomic E-state index is 0.105. The predicted molar refractivity (Wildman–Crippen MR) is 53.2 cm³/mol. The van der Waals surface area contributed by atoms with E-state index in [2.05, 4.69) is 15.4 Å². The first kappa shape index (κ1) is 11.0. The SMILES string of the molecule is CC(C)OCC(NN)c1cnccn1. The van der Waals surface area contributed by atoms with E-state index in [1.54, 1.807) is 18.6 Å². The normalized spacial score (nSPS) is 13.1. The summed E-state index contributed by atoms with van der Waals surface area (Å²) >= 11 is 0. The summed E-state index contributed by atoms with van der Waals surface area (Å²) in [6, 6.07) is -0.105. The lowest BCUT2D eigenvalue weighted by Crippen LogP contribution is -2.32. The summed E-state index contributed by atoms with van der Waals surface area (Å²) in [7, 11) is 0. The zero-order valence-corrected chi connectivity index (χ0v) is 8.47. The smallest absolute Gasteiger partial charge is 0.0881 e. The van der Waals surface area contributed by atoms with Crippen LogP contribution < -0.4 is 11.3 Å². The fraction of sp³-hybridized carbons (Fsp3) is 0.556. The zero-order chi connectivity index (χ0) is 10.4. The fourth-order valence-electron chi connectivity index (χ4n) is 0.998. The van der Waals surface area contributed by atoms with Crippen molar-refractivity contribution in [2.75, 3.05) is 6.61 Å². The Morgan fingerprint density at radius 1 is 1.50 bits per heavy atom. The summed E-state index contributed by atoms with van der Waals surface area (Å²) < 4.78 is 5.44. The quantitative estimate of drug-likeness (QED) is 0.527. The highest BCUT2D eigenvalue weighted by molar-refractivity contribution is 5.01. The van der Waals surface area contributed by atoms with Crippen molar-refractivity contribution in [2.45, 2.75) is 26.0 Å². The van der Waals surface area contributed by atoms with Crippen molar-refractivity contribution in [1.29, 1.82) is 0 Å². The van der Waals surface area contributed by atoms with Crippen LogP contribution in [0.25, 0.3) is 0 Å². The third kappa shape index (κ3) is 3.37. The van der Waals surface area contributed by atoms with Gasteiger partial charge in [0.2, 0.25) is 0 Å². The molecule has 1 rings (SSSR count). The van der Waals surface area contributed by atoms with Crippen LogP contribution in [0.2, 0.25) is 0 Å². The molecule has 0 radical (unpaired) electrons. The molecule has 1 unspecified atom stereocenters. The van der Waals surface area contributed by atoms with Crippen molar-refractivity contribution in [3.05, 3.63) is 24.3 Å². The van der Waals surface area contributed by atoms with E-state index in [0.29, 0.717) is 6.61 Å². The van der Waals surface area contributed by atoms with Gasteiger partial charge >= 0.3 is 0 Å². The van der Waals surface area contributed by atoms with Gasteiger partial charge in [-0.25, -0.2) is 5.43 Å². The Morgan fingerprint density at radius 3 is 2.79 bits per heavy atom. The summed E-state index contributed by atoms with van der Waals surface area (Å²) in [5, 5.41) is 0. The van der Waals surface area contributed by atoms with E-state index in [1.807, 2.05) is 13.8 Å². The Bertz CT molecular complexity index is 252. The molecule has 0 aliphatic rings. The van der Waals surface area contributed by atoms with Crippen molar-refractivity contribution in [3.63, 3.8) is 0 Å². The number of hydrogen-bond acceptors (Lipinski definition) is 5. The van der Waals surface area contributed by atoms with Crippen LogP contribution in [0.15, 0.2) is 18.6 Å². The Labute approximate surface area is 83.7 Å². The number of ether oxygens (including phenoxy) is 1. The number of nitrogens with two attached hydrogens (primary N) is 1. The van der Waals surface area contributed by atoms with E-state index in [-0.39, 0.29) is 12.1 Å². The lowest BCUT2D eigenvalue weighted by atomic mass is 10.2. The summed E-state index contributed by atoms with van der Waals surface area (Å²) in [4.78, 5) is 8.11. The lowest BCUT2D eigenvalue weighted by Gasteiger charge is -2.16. The van der Waals surface area contributed by atoms with Crippen LogP contribution in [0.3, 0.4) is 0 Å². The highest BCUT2D eigenvalue weighted by Crippen LogP contribution is 2.08. The van der Waals surface area contributed by atoms with Crippen molar-refractivity contribution in [2.24, 2.45) is 5.84 Å². The molecule has 5 nitrogen and oxygen atoms in total. The molecule has 0 aliphatic heterocycles. The van der Waals surface area contributed by atoms with Crippen molar-refractivity contribution in [3.8, 4) is 0 Å². The minimum atomic E-state index is -0.105. The van der Waals surface area contributed by atoms with Crippen LogP contribution in [-0.2, 0) is 4.74 Å². The molecule has 0 fully saturated rings. The van der Waals surface area contributed by atoms with E-state index < -0.39 is 0 Å². The standard InChI is InChI=1S/C9H16N4O/c1-7(2)14-6-9(13-10)8-5-11-3-4-12-8/h3-5,7,9,13H,6,10H2,1-2H3. The van der Waals surface area contributed by atoms with Gasteiger partial charge in [-0.3, -0.25) is 15.8 Å². The Morgan fingerprint density at radius 2 is 2.29 bits per heavy atom. The van der Waals surface area contributed by atoms with Gasteiger partial charge in [0.25, 0.3) is 0 Å². The number of rotatable bonds is 5. The largest absolute Gasteiger partial charge is 0.377 e. The summed E-state index contributed by atoms with van der Waals surface area (Å²) in [5.41, 5.74) is 3.43. The molecular weight excluding hydrogens is 180 g/mol. The van der Waals surface area contributed by atoms with E-state index in [4.69, 9.17) is 10.6 Å². The second-order valence-electron chi connectivity index (χ2n) is 3.23. The molecular formula is C9H16N4O. The molecule has 0 aliphatic carbocycles. The van der Waals surface area contributed by atoms with E-state index >= 15 is 0 Å². The summed E-state index contributed by atoms with van der Waals surface area (Å²) in [6.45, 7) is 4.45.